The number of carbonyl (C=O) groups excluding carboxylic acids is 1. The summed E-state index contributed by atoms with van der Waals surface area (Å²) in [5.41, 5.74) is 4.22. The van der Waals surface area contributed by atoms with Crippen LogP contribution in [-0.4, -0.2) is 26.4 Å². The Morgan fingerprint density at radius 2 is 1.82 bits per heavy atom. The molecule has 1 aromatic heterocycles. The topological polar surface area (TPSA) is 59.8 Å². The Balaban J connectivity index is 1.72. The van der Waals surface area contributed by atoms with Crippen molar-refractivity contribution in [2.75, 3.05) is 11.1 Å². The van der Waals surface area contributed by atoms with Crippen LogP contribution in [0.4, 0.5) is 5.69 Å². The first-order valence-electron chi connectivity index (χ1n) is 9.42. The van der Waals surface area contributed by atoms with Crippen LogP contribution >= 0.6 is 11.8 Å². The van der Waals surface area contributed by atoms with Gasteiger partial charge in [0, 0.05) is 17.8 Å². The highest BCUT2D eigenvalue weighted by molar-refractivity contribution is 7.99. The van der Waals surface area contributed by atoms with Crippen molar-refractivity contribution in [1.29, 1.82) is 0 Å². The zero-order chi connectivity index (χ0) is 20.1. The number of rotatable bonds is 7. The molecule has 146 valence electrons. The molecule has 0 aliphatic heterocycles. The molecule has 1 N–H and O–H groups in total. The summed E-state index contributed by atoms with van der Waals surface area (Å²) in [5.74, 6) is 1.53. The van der Waals surface area contributed by atoms with E-state index in [1.807, 2.05) is 55.5 Å². The molecule has 0 saturated carbocycles. The monoisotopic (exact) mass is 394 g/mol. The summed E-state index contributed by atoms with van der Waals surface area (Å²) in [7, 11) is 0. The molecule has 1 heterocycles. The Hall–Kier alpha value is -2.60. The second-order valence-electron chi connectivity index (χ2n) is 7.31. The van der Waals surface area contributed by atoms with Gasteiger partial charge in [-0.2, -0.15) is 0 Å². The average molecular weight is 395 g/mol. The molecule has 0 atom stereocenters. The fourth-order valence-electron chi connectivity index (χ4n) is 2.87. The largest absolute Gasteiger partial charge is 0.325 e. The molecule has 2 aromatic carbocycles. The molecule has 0 bridgehead atoms. The van der Waals surface area contributed by atoms with Crippen molar-refractivity contribution in [3.63, 3.8) is 0 Å². The van der Waals surface area contributed by atoms with Gasteiger partial charge in [-0.05, 0) is 43.0 Å². The molecule has 28 heavy (non-hydrogen) atoms. The van der Waals surface area contributed by atoms with E-state index in [1.165, 1.54) is 17.3 Å². The number of anilines is 1. The Morgan fingerprint density at radius 1 is 1.07 bits per heavy atom. The fourth-order valence-corrected chi connectivity index (χ4v) is 3.62. The highest BCUT2D eigenvalue weighted by atomic mass is 32.2. The Kier molecular flexibility index (Phi) is 6.52. The van der Waals surface area contributed by atoms with Gasteiger partial charge in [-0.3, -0.25) is 4.79 Å². The number of thioether (sulfide) groups is 1. The molecule has 0 aliphatic rings. The van der Waals surface area contributed by atoms with Crippen LogP contribution in [0.25, 0.3) is 11.4 Å². The lowest BCUT2D eigenvalue weighted by Crippen LogP contribution is -2.15. The Bertz CT molecular complexity index is 950. The molecule has 0 spiro atoms. The summed E-state index contributed by atoms with van der Waals surface area (Å²) >= 11 is 1.42. The number of hydrogen-bond acceptors (Lipinski definition) is 4. The first-order chi connectivity index (χ1) is 13.4. The van der Waals surface area contributed by atoms with Crippen molar-refractivity contribution < 1.29 is 4.79 Å². The molecule has 3 rings (SSSR count). The number of carbonyl (C=O) groups is 1. The van der Waals surface area contributed by atoms with E-state index in [4.69, 9.17) is 0 Å². The molecule has 0 saturated heterocycles. The van der Waals surface area contributed by atoms with E-state index in [1.54, 1.807) is 0 Å². The molecule has 0 radical (unpaired) electrons. The third kappa shape index (κ3) is 5.01. The summed E-state index contributed by atoms with van der Waals surface area (Å²) in [4.78, 5) is 12.4. The molecule has 5 nitrogen and oxygen atoms in total. The third-order valence-electron chi connectivity index (χ3n) is 4.42. The van der Waals surface area contributed by atoms with Crippen LogP contribution < -0.4 is 5.32 Å². The smallest absolute Gasteiger partial charge is 0.234 e. The lowest BCUT2D eigenvalue weighted by Gasteiger charge is -2.12. The van der Waals surface area contributed by atoms with Crippen molar-refractivity contribution in [3.8, 4) is 11.4 Å². The molecular formula is C22H26N4OS. The first kappa shape index (κ1) is 20.1. The van der Waals surface area contributed by atoms with Gasteiger partial charge in [0.25, 0.3) is 0 Å². The number of nitrogens with zero attached hydrogens (tertiary/aromatic N) is 3. The van der Waals surface area contributed by atoms with Gasteiger partial charge >= 0.3 is 0 Å². The lowest BCUT2D eigenvalue weighted by molar-refractivity contribution is -0.113. The number of hydrogen-bond donors (Lipinski definition) is 1. The summed E-state index contributed by atoms with van der Waals surface area (Å²) in [6, 6.07) is 16.0. The SMILES string of the molecule is Cc1ccc(NC(=O)CSc2nnc(-c3ccccc3)n2CC(C)C)cc1C. The fraction of sp³-hybridized carbons (Fsp3) is 0.318. The van der Waals surface area contributed by atoms with E-state index >= 15 is 0 Å². The average Bonchev–Trinajstić information content (AvgIpc) is 3.05. The number of aromatic nitrogens is 3. The van der Waals surface area contributed by atoms with Gasteiger partial charge in [-0.1, -0.05) is 62.0 Å². The normalized spacial score (nSPS) is 11.0. The minimum atomic E-state index is -0.0476. The van der Waals surface area contributed by atoms with Crippen molar-refractivity contribution in [2.45, 2.75) is 39.4 Å². The van der Waals surface area contributed by atoms with E-state index in [9.17, 15) is 4.79 Å². The summed E-state index contributed by atoms with van der Waals surface area (Å²) in [6.07, 6.45) is 0. The van der Waals surface area contributed by atoms with Crippen LogP contribution in [0.15, 0.2) is 53.7 Å². The minimum absolute atomic E-state index is 0.0476. The van der Waals surface area contributed by atoms with Gasteiger partial charge in [0.15, 0.2) is 11.0 Å². The second kappa shape index (κ2) is 9.06. The Labute approximate surface area is 170 Å². The standard InChI is InChI=1S/C22H26N4OS/c1-15(2)13-26-21(18-8-6-5-7-9-18)24-25-22(26)28-14-20(27)23-19-11-10-16(3)17(4)12-19/h5-12,15H,13-14H2,1-4H3,(H,23,27). The number of aryl methyl sites for hydroxylation is 2. The molecule has 6 heteroatoms. The van der Waals surface area contributed by atoms with Crippen LogP contribution in [-0.2, 0) is 11.3 Å². The predicted octanol–water partition coefficient (Wildman–Crippen LogP) is 4.95. The maximum absolute atomic E-state index is 12.4. The second-order valence-corrected chi connectivity index (χ2v) is 8.26. The molecule has 0 aliphatic carbocycles. The van der Waals surface area contributed by atoms with Crippen LogP contribution in [0.1, 0.15) is 25.0 Å². The quantitative estimate of drug-likeness (QED) is 0.576. The Morgan fingerprint density at radius 3 is 2.50 bits per heavy atom. The van der Waals surface area contributed by atoms with Gasteiger partial charge in [-0.15, -0.1) is 10.2 Å². The van der Waals surface area contributed by atoms with E-state index < -0.39 is 0 Å². The zero-order valence-electron chi connectivity index (χ0n) is 16.8. The maximum Gasteiger partial charge on any atom is 0.234 e. The van der Waals surface area contributed by atoms with Gasteiger partial charge in [-0.25, -0.2) is 0 Å². The van der Waals surface area contributed by atoms with Gasteiger partial charge in [0.1, 0.15) is 0 Å². The van der Waals surface area contributed by atoms with Crippen molar-refractivity contribution >= 4 is 23.4 Å². The van der Waals surface area contributed by atoms with Crippen molar-refractivity contribution in [1.82, 2.24) is 14.8 Å². The third-order valence-corrected chi connectivity index (χ3v) is 5.39. The van der Waals surface area contributed by atoms with E-state index in [2.05, 4.69) is 40.9 Å². The predicted molar refractivity (Wildman–Crippen MR) is 116 cm³/mol. The zero-order valence-corrected chi connectivity index (χ0v) is 17.6. The van der Waals surface area contributed by atoms with Crippen LogP contribution in [0.2, 0.25) is 0 Å². The molecule has 3 aromatic rings. The van der Waals surface area contributed by atoms with E-state index in [0.29, 0.717) is 5.92 Å². The van der Waals surface area contributed by atoms with Crippen LogP contribution in [0, 0.1) is 19.8 Å². The van der Waals surface area contributed by atoms with Crippen LogP contribution in [0.5, 0.6) is 0 Å². The molecular weight excluding hydrogens is 368 g/mol. The highest BCUT2D eigenvalue weighted by Gasteiger charge is 2.16. The van der Waals surface area contributed by atoms with Gasteiger partial charge in [0.05, 0.1) is 5.75 Å². The van der Waals surface area contributed by atoms with Crippen LogP contribution in [0.3, 0.4) is 0 Å². The van der Waals surface area contributed by atoms with Crippen molar-refractivity contribution in [2.24, 2.45) is 5.92 Å². The number of amides is 1. The lowest BCUT2D eigenvalue weighted by atomic mass is 10.1. The van der Waals surface area contributed by atoms with Gasteiger partial charge < -0.3 is 9.88 Å². The van der Waals surface area contributed by atoms with Crippen molar-refractivity contribution in [3.05, 3.63) is 59.7 Å². The minimum Gasteiger partial charge on any atom is -0.325 e. The summed E-state index contributed by atoms with van der Waals surface area (Å²) in [6.45, 7) is 9.23. The maximum atomic E-state index is 12.4. The molecule has 0 unspecified atom stereocenters. The van der Waals surface area contributed by atoms with E-state index in [-0.39, 0.29) is 11.7 Å². The highest BCUT2D eigenvalue weighted by Crippen LogP contribution is 2.25. The summed E-state index contributed by atoms with van der Waals surface area (Å²) < 4.78 is 2.11. The first-order valence-corrected chi connectivity index (χ1v) is 10.4. The van der Waals surface area contributed by atoms with E-state index in [0.717, 1.165) is 34.3 Å². The van der Waals surface area contributed by atoms with Gasteiger partial charge in [0.2, 0.25) is 5.91 Å². The summed E-state index contributed by atoms with van der Waals surface area (Å²) in [5, 5.41) is 12.5. The number of benzene rings is 2. The molecule has 1 amide bonds. The number of nitrogens with one attached hydrogen (secondary N) is 1. The molecule has 0 fully saturated rings.